The first-order valence-electron chi connectivity index (χ1n) is 8.52. The lowest BCUT2D eigenvalue weighted by atomic mass is 10.0. The fourth-order valence-corrected chi connectivity index (χ4v) is 2.94. The minimum atomic E-state index is -0.801. The quantitative estimate of drug-likeness (QED) is 0.695. The third-order valence-electron chi connectivity index (χ3n) is 4.30. The van der Waals surface area contributed by atoms with Gasteiger partial charge in [-0.15, -0.1) is 12.4 Å². The number of benzene rings is 1. The van der Waals surface area contributed by atoms with Crippen molar-refractivity contribution in [1.29, 1.82) is 0 Å². The van der Waals surface area contributed by atoms with Crippen molar-refractivity contribution in [3.05, 3.63) is 29.8 Å². The van der Waals surface area contributed by atoms with Crippen LogP contribution in [0.4, 0.5) is 5.69 Å². The van der Waals surface area contributed by atoms with Crippen LogP contribution < -0.4 is 11.1 Å². The van der Waals surface area contributed by atoms with Crippen molar-refractivity contribution in [3.63, 3.8) is 0 Å². The summed E-state index contributed by atoms with van der Waals surface area (Å²) in [4.78, 5) is 38.4. The van der Waals surface area contributed by atoms with Gasteiger partial charge in [0.2, 0.25) is 5.91 Å². The average Bonchev–Trinajstić information content (AvgIpc) is 2.67. The molecule has 9 heteroatoms. The summed E-state index contributed by atoms with van der Waals surface area (Å²) in [6, 6.07) is 5.18. The lowest BCUT2D eigenvalue weighted by Crippen LogP contribution is -2.48. The Balaban J connectivity index is 0.00000364. The molecule has 2 amide bonds. The zero-order valence-electron chi connectivity index (χ0n) is 15.5. The van der Waals surface area contributed by atoms with E-state index in [9.17, 15) is 14.4 Å². The Morgan fingerprint density at radius 1 is 1.30 bits per heavy atom. The first kappa shape index (κ1) is 22.9. The van der Waals surface area contributed by atoms with Gasteiger partial charge in [0.25, 0.3) is 5.91 Å². The maximum Gasteiger partial charge on any atom is 0.328 e. The van der Waals surface area contributed by atoms with Crippen LogP contribution in [0.15, 0.2) is 24.3 Å². The van der Waals surface area contributed by atoms with Crippen LogP contribution in [0.3, 0.4) is 0 Å². The molecule has 1 aromatic rings. The third-order valence-corrected chi connectivity index (χ3v) is 4.30. The Morgan fingerprint density at radius 2 is 2.04 bits per heavy atom. The van der Waals surface area contributed by atoms with Crippen molar-refractivity contribution in [1.82, 2.24) is 4.90 Å². The number of halogens is 1. The summed E-state index contributed by atoms with van der Waals surface area (Å²) in [5.41, 5.74) is 6.54. The van der Waals surface area contributed by atoms with Crippen molar-refractivity contribution in [2.45, 2.75) is 31.3 Å². The number of hydrogen-bond donors (Lipinski definition) is 2. The van der Waals surface area contributed by atoms with E-state index in [-0.39, 0.29) is 24.9 Å². The van der Waals surface area contributed by atoms with E-state index in [1.54, 1.807) is 24.3 Å². The standard InChI is InChI=1S/C18H25N3O5.ClH/c1-25-11-14(19)16(22)20-13-7-5-6-12(10-13)17(23)21-9-4-3-8-15(21)18(24)26-2;/h5-7,10,14-15H,3-4,8-9,11,19H2,1-2H3,(H,20,22);1H. The third kappa shape index (κ3) is 5.92. The summed E-state index contributed by atoms with van der Waals surface area (Å²) in [5.74, 6) is -1.08. The minimum Gasteiger partial charge on any atom is -0.467 e. The van der Waals surface area contributed by atoms with E-state index in [0.29, 0.717) is 24.2 Å². The van der Waals surface area contributed by atoms with E-state index < -0.39 is 24.0 Å². The van der Waals surface area contributed by atoms with Crippen LogP contribution in [-0.2, 0) is 19.1 Å². The molecule has 0 spiro atoms. The maximum atomic E-state index is 12.9. The molecule has 0 bridgehead atoms. The number of carbonyl (C=O) groups excluding carboxylic acids is 3. The zero-order chi connectivity index (χ0) is 19.1. The summed E-state index contributed by atoms with van der Waals surface area (Å²) in [6.07, 6.45) is 2.29. The molecule has 1 fully saturated rings. The number of rotatable bonds is 6. The van der Waals surface area contributed by atoms with Gasteiger partial charge >= 0.3 is 5.97 Å². The summed E-state index contributed by atoms with van der Waals surface area (Å²) in [5, 5.41) is 2.66. The van der Waals surface area contributed by atoms with Crippen molar-refractivity contribution >= 4 is 35.9 Å². The fourth-order valence-electron chi connectivity index (χ4n) is 2.94. The fraction of sp³-hybridized carbons (Fsp3) is 0.500. The number of amides is 2. The largest absolute Gasteiger partial charge is 0.467 e. The summed E-state index contributed by atoms with van der Waals surface area (Å²) in [7, 11) is 2.78. The highest BCUT2D eigenvalue weighted by atomic mass is 35.5. The molecule has 0 radical (unpaired) electrons. The molecule has 8 nitrogen and oxygen atoms in total. The van der Waals surface area contributed by atoms with Crippen LogP contribution in [0.25, 0.3) is 0 Å². The molecule has 1 aromatic carbocycles. The van der Waals surface area contributed by atoms with E-state index in [2.05, 4.69) is 5.32 Å². The predicted molar refractivity (Wildman–Crippen MR) is 103 cm³/mol. The van der Waals surface area contributed by atoms with Crippen LogP contribution in [0, 0.1) is 0 Å². The van der Waals surface area contributed by atoms with E-state index in [1.165, 1.54) is 19.1 Å². The normalized spacial score (nSPS) is 17.4. The van der Waals surface area contributed by atoms with E-state index in [0.717, 1.165) is 12.8 Å². The molecule has 0 saturated carbocycles. The Labute approximate surface area is 164 Å². The molecular weight excluding hydrogens is 374 g/mol. The molecule has 1 aliphatic heterocycles. The van der Waals surface area contributed by atoms with Crippen LogP contribution >= 0.6 is 12.4 Å². The molecule has 2 rings (SSSR count). The highest BCUT2D eigenvalue weighted by Gasteiger charge is 2.33. The van der Waals surface area contributed by atoms with Gasteiger partial charge in [0, 0.05) is 24.9 Å². The van der Waals surface area contributed by atoms with Gasteiger partial charge in [0.05, 0.1) is 13.7 Å². The number of piperidine rings is 1. The van der Waals surface area contributed by atoms with Crippen LogP contribution in [0.5, 0.6) is 0 Å². The molecule has 1 aliphatic rings. The first-order chi connectivity index (χ1) is 12.5. The number of carbonyl (C=O) groups is 3. The lowest BCUT2D eigenvalue weighted by Gasteiger charge is -2.33. The second kappa shape index (κ2) is 10.9. The smallest absolute Gasteiger partial charge is 0.328 e. The van der Waals surface area contributed by atoms with Gasteiger partial charge in [0.1, 0.15) is 12.1 Å². The predicted octanol–water partition coefficient (Wildman–Crippen LogP) is 1.19. The highest BCUT2D eigenvalue weighted by Crippen LogP contribution is 2.22. The summed E-state index contributed by atoms with van der Waals surface area (Å²) >= 11 is 0. The second-order valence-corrected chi connectivity index (χ2v) is 6.17. The SMILES string of the molecule is COCC(N)C(=O)Nc1cccc(C(=O)N2CCCCC2C(=O)OC)c1.Cl. The monoisotopic (exact) mass is 399 g/mol. The second-order valence-electron chi connectivity index (χ2n) is 6.17. The number of nitrogens with zero attached hydrogens (tertiary/aromatic N) is 1. The van der Waals surface area contributed by atoms with Crippen molar-refractivity contribution in [2.24, 2.45) is 5.73 Å². The molecular formula is C18H26ClN3O5. The van der Waals surface area contributed by atoms with E-state index >= 15 is 0 Å². The van der Waals surface area contributed by atoms with Crippen molar-refractivity contribution in [3.8, 4) is 0 Å². The number of likely N-dealkylation sites (tertiary alicyclic amines) is 1. The molecule has 3 N–H and O–H groups in total. The molecule has 1 saturated heterocycles. The summed E-state index contributed by atoms with van der Waals surface area (Å²) in [6.45, 7) is 0.590. The van der Waals surface area contributed by atoms with Crippen LogP contribution in [0.1, 0.15) is 29.6 Å². The molecule has 27 heavy (non-hydrogen) atoms. The van der Waals surface area contributed by atoms with Gasteiger partial charge in [0.15, 0.2) is 0 Å². The highest BCUT2D eigenvalue weighted by molar-refractivity contribution is 5.99. The zero-order valence-corrected chi connectivity index (χ0v) is 16.3. The van der Waals surface area contributed by atoms with Gasteiger partial charge < -0.3 is 25.4 Å². The lowest BCUT2D eigenvalue weighted by molar-refractivity contribution is -0.147. The molecule has 150 valence electrons. The maximum absolute atomic E-state index is 12.9. The Bertz CT molecular complexity index is 670. The molecule has 2 atom stereocenters. The van der Waals surface area contributed by atoms with E-state index in [4.69, 9.17) is 15.2 Å². The number of nitrogens with two attached hydrogens (primary N) is 1. The van der Waals surface area contributed by atoms with Gasteiger partial charge in [-0.1, -0.05) is 6.07 Å². The number of methoxy groups -OCH3 is 2. The number of hydrogen-bond acceptors (Lipinski definition) is 6. The number of nitrogens with one attached hydrogen (secondary N) is 1. The van der Waals surface area contributed by atoms with Gasteiger partial charge in [-0.25, -0.2) is 4.79 Å². The molecule has 0 aliphatic carbocycles. The van der Waals surface area contributed by atoms with Gasteiger partial charge in [-0.05, 0) is 37.5 Å². The number of anilines is 1. The molecule has 1 heterocycles. The number of esters is 1. The first-order valence-corrected chi connectivity index (χ1v) is 8.52. The number of ether oxygens (including phenoxy) is 2. The van der Waals surface area contributed by atoms with Gasteiger partial charge in [-0.2, -0.15) is 0 Å². The van der Waals surface area contributed by atoms with Crippen LogP contribution in [-0.4, -0.2) is 62.1 Å². The van der Waals surface area contributed by atoms with Crippen LogP contribution in [0.2, 0.25) is 0 Å². The van der Waals surface area contributed by atoms with Crippen molar-refractivity contribution in [2.75, 3.05) is 32.7 Å². The van der Waals surface area contributed by atoms with E-state index in [1.807, 2.05) is 0 Å². The molecule has 0 aromatic heterocycles. The Hall–Kier alpha value is -2.16. The Kier molecular flexibility index (Phi) is 9.20. The average molecular weight is 400 g/mol. The molecule has 2 unspecified atom stereocenters. The minimum absolute atomic E-state index is 0. The topological polar surface area (TPSA) is 111 Å². The van der Waals surface area contributed by atoms with Crippen molar-refractivity contribution < 1.29 is 23.9 Å². The van der Waals surface area contributed by atoms with Gasteiger partial charge in [-0.3, -0.25) is 9.59 Å². The summed E-state index contributed by atoms with van der Waals surface area (Å²) < 4.78 is 9.67. The Morgan fingerprint density at radius 3 is 2.70 bits per heavy atom.